The first-order chi connectivity index (χ1) is 13.6. The Morgan fingerprint density at radius 3 is 2.82 bits per heavy atom. The Morgan fingerprint density at radius 2 is 1.93 bits per heavy atom. The van der Waals surface area contributed by atoms with Crippen molar-refractivity contribution in [3.8, 4) is 0 Å². The van der Waals surface area contributed by atoms with Crippen molar-refractivity contribution >= 4 is 62.4 Å². The Labute approximate surface area is 172 Å². The molecule has 3 aromatic heterocycles. The largest absolute Gasteiger partial charge is 0.423 e. The third-order valence-electron chi connectivity index (χ3n) is 4.47. The van der Waals surface area contributed by atoms with Gasteiger partial charge in [-0.1, -0.05) is 65.3 Å². The molecule has 5 nitrogen and oxygen atoms in total. The van der Waals surface area contributed by atoms with Gasteiger partial charge in [-0.2, -0.15) is 0 Å². The number of rotatable bonds is 3. The van der Waals surface area contributed by atoms with Gasteiger partial charge in [-0.15, -0.1) is 10.2 Å². The van der Waals surface area contributed by atoms with Gasteiger partial charge >= 0.3 is 5.63 Å². The number of aromatic nitrogens is 3. The van der Waals surface area contributed by atoms with Crippen molar-refractivity contribution in [1.29, 1.82) is 0 Å². The van der Waals surface area contributed by atoms with Gasteiger partial charge in [-0.05, 0) is 28.5 Å². The van der Waals surface area contributed by atoms with E-state index in [9.17, 15) is 4.79 Å². The smallest absolute Gasteiger partial charge is 0.336 e. The molecule has 0 aliphatic rings. The van der Waals surface area contributed by atoms with E-state index in [1.807, 2.05) is 36.4 Å². The maximum absolute atomic E-state index is 12.1. The van der Waals surface area contributed by atoms with Crippen LogP contribution in [0.1, 0.15) is 5.56 Å². The molecule has 0 saturated carbocycles. The van der Waals surface area contributed by atoms with Crippen molar-refractivity contribution in [2.24, 2.45) is 0 Å². The predicted octanol–water partition coefficient (Wildman–Crippen LogP) is 5.59. The van der Waals surface area contributed by atoms with Crippen LogP contribution in [0.3, 0.4) is 0 Å². The van der Waals surface area contributed by atoms with Gasteiger partial charge < -0.3 is 4.42 Å². The minimum absolute atomic E-state index is 0.379. The van der Waals surface area contributed by atoms with Crippen LogP contribution in [0.5, 0.6) is 0 Å². The Bertz CT molecular complexity index is 1430. The number of nitrogens with zero attached hydrogens (tertiary/aromatic N) is 3. The second kappa shape index (κ2) is 6.81. The minimum Gasteiger partial charge on any atom is -0.423 e. The van der Waals surface area contributed by atoms with Crippen molar-refractivity contribution in [3.05, 3.63) is 80.8 Å². The third kappa shape index (κ3) is 2.94. The zero-order valence-corrected chi connectivity index (χ0v) is 16.6. The standard InChI is InChI=1S/C20H11Cl2N3O2S/c21-13-8-15(22)19-23-24-20(25(19)9-13)28-10-12-7-17(26)27-16-6-5-11-3-1-2-4-14(11)18(12)16/h1-9H,10H2. The fourth-order valence-electron chi connectivity index (χ4n) is 3.28. The molecule has 3 heterocycles. The normalized spacial score (nSPS) is 11.6. The summed E-state index contributed by atoms with van der Waals surface area (Å²) in [4.78, 5) is 12.1. The van der Waals surface area contributed by atoms with Gasteiger partial charge in [-0.3, -0.25) is 4.40 Å². The van der Waals surface area contributed by atoms with Crippen LogP contribution in [0.4, 0.5) is 0 Å². The predicted molar refractivity (Wildman–Crippen MR) is 113 cm³/mol. The summed E-state index contributed by atoms with van der Waals surface area (Å²) in [5.74, 6) is 0.515. The summed E-state index contributed by atoms with van der Waals surface area (Å²) in [6.07, 6.45) is 1.72. The zero-order valence-electron chi connectivity index (χ0n) is 14.2. The number of pyridine rings is 1. The van der Waals surface area contributed by atoms with Crippen molar-refractivity contribution in [2.75, 3.05) is 0 Å². The molecule has 0 aliphatic heterocycles. The maximum Gasteiger partial charge on any atom is 0.336 e. The molecule has 0 atom stereocenters. The lowest BCUT2D eigenvalue weighted by atomic mass is 10.0. The van der Waals surface area contributed by atoms with Crippen LogP contribution in [0, 0.1) is 0 Å². The number of halogens is 2. The molecule has 0 saturated heterocycles. The molecular weight excluding hydrogens is 417 g/mol. The number of hydrogen-bond acceptors (Lipinski definition) is 5. The molecule has 0 fully saturated rings. The SMILES string of the molecule is O=c1cc(CSc2nnc3c(Cl)cc(Cl)cn23)c2c(ccc3ccccc32)o1. The minimum atomic E-state index is -0.379. The third-order valence-corrected chi connectivity index (χ3v) is 5.94. The van der Waals surface area contributed by atoms with Crippen LogP contribution in [-0.4, -0.2) is 14.6 Å². The molecule has 0 bridgehead atoms. The molecule has 0 N–H and O–H groups in total. The van der Waals surface area contributed by atoms with E-state index in [2.05, 4.69) is 10.2 Å². The molecule has 28 heavy (non-hydrogen) atoms. The van der Waals surface area contributed by atoms with E-state index >= 15 is 0 Å². The summed E-state index contributed by atoms with van der Waals surface area (Å²) in [6.45, 7) is 0. The van der Waals surface area contributed by atoms with Gasteiger partial charge in [0.15, 0.2) is 10.8 Å². The highest BCUT2D eigenvalue weighted by Gasteiger charge is 2.14. The van der Waals surface area contributed by atoms with Crippen LogP contribution >= 0.6 is 35.0 Å². The molecule has 138 valence electrons. The molecule has 0 amide bonds. The Kier molecular flexibility index (Phi) is 4.27. The Morgan fingerprint density at radius 1 is 1.07 bits per heavy atom. The van der Waals surface area contributed by atoms with Crippen LogP contribution in [0.2, 0.25) is 10.0 Å². The molecular formula is C20H11Cl2N3O2S. The number of hydrogen-bond donors (Lipinski definition) is 0. The lowest BCUT2D eigenvalue weighted by Gasteiger charge is -2.08. The summed E-state index contributed by atoms with van der Waals surface area (Å²) < 4.78 is 7.17. The molecule has 2 aromatic carbocycles. The van der Waals surface area contributed by atoms with Crippen molar-refractivity contribution in [2.45, 2.75) is 10.9 Å². The van der Waals surface area contributed by atoms with Crippen LogP contribution in [0.15, 0.2) is 69.1 Å². The van der Waals surface area contributed by atoms with Crippen LogP contribution < -0.4 is 5.63 Å². The monoisotopic (exact) mass is 427 g/mol. The molecule has 0 unspecified atom stereocenters. The average molecular weight is 428 g/mol. The Balaban J connectivity index is 1.63. The van der Waals surface area contributed by atoms with Gasteiger partial charge in [0.1, 0.15) is 5.58 Å². The first-order valence-corrected chi connectivity index (χ1v) is 10.1. The van der Waals surface area contributed by atoms with Gasteiger partial charge in [0.05, 0.1) is 10.0 Å². The van der Waals surface area contributed by atoms with Gasteiger partial charge in [-0.25, -0.2) is 4.79 Å². The van der Waals surface area contributed by atoms with Crippen molar-refractivity contribution in [3.63, 3.8) is 0 Å². The summed E-state index contributed by atoms with van der Waals surface area (Å²) >= 11 is 13.7. The molecule has 8 heteroatoms. The van der Waals surface area contributed by atoms with E-state index in [1.54, 1.807) is 16.7 Å². The number of thioether (sulfide) groups is 1. The van der Waals surface area contributed by atoms with E-state index in [0.29, 0.717) is 32.2 Å². The fourth-order valence-corrected chi connectivity index (χ4v) is 4.68. The first-order valence-electron chi connectivity index (χ1n) is 8.37. The summed E-state index contributed by atoms with van der Waals surface area (Å²) in [6, 6.07) is 15.0. The number of fused-ring (bicyclic) bond motifs is 4. The van der Waals surface area contributed by atoms with Crippen LogP contribution in [0.25, 0.3) is 27.4 Å². The lowest BCUT2D eigenvalue weighted by Crippen LogP contribution is -2.00. The second-order valence-corrected chi connectivity index (χ2v) is 8.01. The first kappa shape index (κ1) is 17.6. The zero-order chi connectivity index (χ0) is 19.3. The van der Waals surface area contributed by atoms with Gasteiger partial charge in [0.2, 0.25) is 0 Å². The van der Waals surface area contributed by atoms with Crippen molar-refractivity contribution in [1.82, 2.24) is 14.6 Å². The van der Waals surface area contributed by atoms with Crippen molar-refractivity contribution < 1.29 is 4.42 Å². The maximum atomic E-state index is 12.1. The quantitative estimate of drug-likeness (QED) is 0.213. The Hall–Kier alpha value is -2.54. The van der Waals surface area contributed by atoms with E-state index in [1.165, 1.54) is 17.8 Å². The highest BCUT2D eigenvalue weighted by molar-refractivity contribution is 7.98. The summed E-state index contributed by atoms with van der Waals surface area (Å²) in [5.41, 5.74) is 1.60. The fraction of sp³-hybridized carbons (Fsp3) is 0.0500. The van der Waals surface area contributed by atoms with E-state index in [0.717, 1.165) is 21.7 Å². The van der Waals surface area contributed by atoms with Crippen LogP contribution in [-0.2, 0) is 5.75 Å². The summed E-state index contributed by atoms with van der Waals surface area (Å²) in [7, 11) is 0. The van der Waals surface area contributed by atoms with Gasteiger partial charge in [0.25, 0.3) is 0 Å². The van der Waals surface area contributed by atoms with Gasteiger partial charge in [0, 0.05) is 23.4 Å². The molecule has 5 aromatic rings. The molecule has 5 rings (SSSR count). The topological polar surface area (TPSA) is 60.4 Å². The highest BCUT2D eigenvalue weighted by atomic mass is 35.5. The summed E-state index contributed by atoms with van der Waals surface area (Å²) in [5, 5.41) is 13.0. The average Bonchev–Trinajstić information content (AvgIpc) is 3.08. The highest BCUT2D eigenvalue weighted by Crippen LogP contribution is 2.32. The number of benzene rings is 2. The molecule has 0 aliphatic carbocycles. The van der Waals surface area contributed by atoms with E-state index < -0.39 is 0 Å². The molecule has 0 radical (unpaired) electrons. The van der Waals surface area contributed by atoms with E-state index in [-0.39, 0.29) is 5.63 Å². The second-order valence-electron chi connectivity index (χ2n) is 6.22. The molecule has 0 spiro atoms. The lowest BCUT2D eigenvalue weighted by molar-refractivity contribution is 0.560. The van der Waals surface area contributed by atoms with E-state index in [4.69, 9.17) is 27.6 Å².